The number of benzene rings is 1. The molecule has 0 saturated carbocycles. The molecular weight excluding hydrogens is 280 g/mol. The molecule has 1 unspecified atom stereocenters. The van der Waals surface area contributed by atoms with Crippen molar-refractivity contribution in [2.75, 3.05) is 0 Å². The SMILES string of the molecule is CCCCCC1=C(C)C=C([SiH2]c2c(C)cc(C)cc2C)C1C. The minimum atomic E-state index is -0.329. The van der Waals surface area contributed by atoms with E-state index in [-0.39, 0.29) is 9.52 Å². The van der Waals surface area contributed by atoms with Crippen molar-refractivity contribution in [2.45, 2.75) is 67.2 Å². The molecule has 1 aliphatic rings. The van der Waals surface area contributed by atoms with Gasteiger partial charge in [0.25, 0.3) is 0 Å². The van der Waals surface area contributed by atoms with Gasteiger partial charge in [-0.15, -0.1) is 0 Å². The molecule has 2 rings (SSSR count). The van der Waals surface area contributed by atoms with Gasteiger partial charge in [0.2, 0.25) is 0 Å². The highest BCUT2D eigenvalue weighted by atomic mass is 28.2. The van der Waals surface area contributed by atoms with Gasteiger partial charge in [0.1, 0.15) is 0 Å². The lowest BCUT2D eigenvalue weighted by Gasteiger charge is -2.17. The zero-order valence-electron chi connectivity index (χ0n) is 15.3. The third kappa shape index (κ3) is 3.81. The van der Waals surface area contributed by atoms with E-state index in [1.165, 1.54) is 42.4 Å². The molecule has 0 aliphatic heterocycles. The summed E-state index contributed by atoms with van der Waals surface area (Å²) in [6.45, 7) is 13.9. The van der Waals surface area contributed by atoms with E-state index < -0.39 is 0 Å². The topological polar surface area (TPSA) is 0 Å². The van der Waals surface area contributed by atoms with Crippen LogP contribution < -0.4 is 5.19 Å². The van der Waals surface area contributed by atoms with Gasteiger partial charge in [-0.2, -0.15) is 0 Å². The smallest absolute Gasteiger partial charge is 0.0756 e. The summed E-state index contributed by atoms with van der Waals surface area (Å²) in [4.78, 5) is 0. The van der Waals surface area contributed by atoms with Crippen molar-refractivity contribution < 1.29 is 0 Å². The van der Waals surface area contributed by atoms with Crippen LogP contribution in [0.1, 0.15) is 63.1 Å². The Labute approximate surface area is 139 Å². The van der Waals surface area contributed by atoms with Crippen molar-refractivity contribution in [3.8, 4) is 0 Å². The van der Waals surface area contributed by atoms with E-state index in [9.17, 15) is 0 Å². The predicted octanol–water partition coefficient (Wildman–Crippen LogP) is 4.84. The van der Waals surface area contributed by atoms with Gasteiger partial charge in [0.15, 0.2) is 0 Å². The van der Waals surface area contributed by atoms with Crippen LogP contribution in [0, 0.1) is 26.7 Å². The van der Waals surface area contributed by atoms with Gasteiger partial charge in [-0.1, -0.05) is 83.1 Å². The molecule has 0 heterocycles. The molecular formula is C21H32Si. The highest BCUT2D eigenvalue weighted by molar-refractivity contribution is 6.62. The number of hydrogen-bond donors (Lipinski definition) is 0. The first-order valence-electron chi connectivity index (χ1n) is 8.90. The number of aryl methyl sites for hydroxylation is 3. The first kappa shape index (κ1) is 17.3. The summed E-state index contributed by atoms with van der Waals surface area (Å²) in [6, 6.07) is 4.72. The maximum atomic E-state index is 2.52. The van der Waals surface area contributed by atoms with Crippen LogP contribution in [0.5, 0.6) is 0 Å². The zero-order chi connectivity index (χ0) is 16.3. The van der Waals surface area contributed by atoms with E-state index in [0.717, 1.165) is 0 Å². The van der Waals surface area contributed by atoms with Crippen LogP contribution in [0.15, 0.2) is 34.6 Å². The molecule has 1 aromatic carbocycles. The lowest BCUT2D eigenvalue weighted by Crippen LogP contribution is -2.25. The van der Waals surface area contributed by atoms with Gasteiger partial charge in [0.05, 0.1) is 9.52 Å². The fraction of sp³-hybridized carbons (Fsp3) is 0.524. The Kier molecular flexibility index (Phi) is 5.85. The van der Waals surface area contributed by atoms with Crippen LogP contribution in [0.4, 0.5) is 0 Å². The Hall–Kier alpha value is -1.08. The van der Waals surface area contributed by atoms with Crippen molar-refractivity contribution in [1.29, 1.82) is 0 Å². The monoisotopic (exact) mass is 312 g/mol. The molecule has 0 spiro atoms. The molecule has 0 bridgehead atoms. The second-order valence-corrected chi connectivity index (χ2v) is 9.04. The Morgan fingerprint density at radius 3 is 2.23 bits per heavy atom. The Bertz CT molecular complexity index is 581. The summed E-state index contributed by atoms with van der Waals surface area (Å²) in [7, 11) is -0.329. The number of unbranched alkanes of at least 4 members (excludes halogenated alkanes) is 2. The highest BCUT2D eigenvalue weighted by Gasteiger charge is 2.22. The van der Waals surface area contributed by atoms with Crippen LogP contribution in [0.2, 0.25) is 0 Å². The van der Waals surface area contributed by atoms with Crippen molar-refractivity contribution in [1.82, 2.24) is 0 Å². The second-order valence-electron chi connectivity index (χ2n) is 7.16. The largest absolute Gasteiger partial charge is 0.0839 e. The van der Waals surface area contributed by atoms with E-state index in [4.69, 9.17) is 0 Å². The lowest BCUT2D eigenvalue weighted by molar-refractivity contribution is 0.672. The minimum absolute atomic E-state index is 0.329. The Morgan fingerprint density at radius 2 is 1.64 bits per heavy atom. The molecule has 0 fully saturated rings. The molecule has 0 saturated heterocycles. The maximum absolute atomic E-state index is 2.52. The Morgan fingerprint density at radius 1 is 1.00 bits per heavy atom. The van der Waals surface area contributed by atoms with E-state index >= 15 is 0 Å². The van der Waals surface area contributed by atoms with Crippen molar-refractivity contribution in [3.63, 3.8) is 0 Å². The quantitative estimate of drug-likeness (QED) is 0.521. The van der Waals surface area contributed by atoms with Crippen LogP contribution in [-0.2, 0) is 0 Å². The first-order chi connectivity index (χ1) is 10.4. The Balaban J connectivity index is 2.12. The second kappa shape index (κ2) is 7.46. The van der Waals surface area contributed by atoms with Crippen molar-refractivity contribution >= 4 is 14.7 Å². The van der Waals surface area contributed by atoms with Crippen LogP contribution in [0.25, 0.3) is 0 Å². The summed E-state index contributed by atoms with van der Waals surface area (Å²) in [5, 5.41) is 3.42. The third-order valence-corrected chi connectivity index (χ3v) is 7.95. The molecule has 0 N–H and O–H groups in total. The normalized spacial score (nSPS) is 18.6. The molecule has 22 heavy (non-hydrogen) atoms. The number of hydrogen-bond acceptors (Lipinski definition) is 0. The predicted molar refractivity (Wildman–Crippen MR) is 103 cm³/mol. The van der Waals surface area contributed by atoms with Gasteiger partial charge in [-0.05, 0) is 46.5 Å². The third-order valence-electron chi connectivity index (χ3n) is 5.26. The highest BCUT2D eigenvalue weighted by Crippen LogP contribution is 2.34. The molecule has 1 heteroatoms. The summed E-state index contributed by atoms with van der Waals surface area (Å²) >= 11 is 0. The zero-order valence-corrected chi connectivity index (χ0v) is 16.8. The van der Waals surface area contributed by atoms with Gasteiger partial charge in [0, 0.05) is 0 Å². The molecule has 1 atom stereocenters. The summed E-state index contributed by atoms with van der Waals surface area (Å²) in [5.41, 5.74) is 7.70. The molecule has 1 aliphatic carbocycles. The number of rotatable bonds is 6. The lowest BCUT2D eigenvalue weighted by atomic mass is 9.96. The van der Waals surface area contributed by atoms with E-state index in [1.54, 1.807) is 21.5 Å². The number of allylic oxidation sites excluding steroid dienone is 4. The van der Waals surface area contributed by atoms with Crippen molar-refractivity contribution in [2.24, 2.45) is 5.92 Å². The average molecular weight is 313 g/mol. The average Bonchev–Trinajstić information content (AvgIpc) is 2.70. The van der Waals surface area contributed by atoms with Gasteiger partial charge >= 0.3 is 0 Å². The van der Waals surface area contributed by atoms with Crippen LogP contribution >= 0.6 is 0 Å². The van der Waals surface area contributed by atoms with Gasteiger partial charge in [-0.3, -0.25) is 0 Å². The first-order valence-corrected chi connectivity index (χ1v) is 10.3. The van der Waals surface area contributed by atoms with E-state index in [0.29, 0.717) is 5.92 Å². The van der Waals surface area contributed by atoms with Crippen molar-refractivity contribution in [3.05, 3.63) is 51.2 Å². The van der Waals surface area contributed by atoms with E-state index in [1.807, 2.05) is 0 Å². The molecule has 1 aromatic rings. The maximum Gasteiger partial charge on any atom is 0.0839 e. The van der Waals surface area contributed by atoms with Crippen LogP contribution in [-0.4, -0.2) is 9.52 Å². The fourth-order valence-electron chi connectivity index (χ4n) is 3.94. The summed E-state index contributed by atoms with van der Waals surface area (Å²) in [5.74, 6) is 0.698. The summed E-state index contributed by atoms with van der Waals surface area (Å²) < 4.78 is 0. The standard InChI is InChI=1S/C21H32Si/c1-7-8-9-10-19-15(3)13-20(18(19)6)22-21-16(4)11-14(2)12-17(21)5/h11-13,18H,7-10,22H2,1-6H3. The fourth-order valence-corrected chi connectivity index (χ4v) is 6.07. The van der Waals surface area contributed by atoms with Gasteiger partial charge in [-0.25, -0.2) is 0 Å². The molecule has 0 nitrogen and oxygen atoms in total. The van der Waals surface area contributed by atoms with Crippen LogP contribution in [0.3, 0.4) is 0 Å². The molecule has 120 valence electrons. The van der Waals surface area contributed by atoms with E-state index in [2.05, 4.69) is 59.8 Å². The van der Waals surface area contributed by atoms with Gasteiger partial charge < -0.3 is 0 Å². The molecule has 0 aromatic heterocycles. The molecule has 0 amide bonds. The minimum Gasteiger partial charge on any atom is -0.0756 e. The summed E-state index contributed by atoms with van der Waals surface area (Å²) in [6.07, 6.45) is 7.88. The molecule has 0 radical (unpaired) electrons.